The van der Waals surface area contributed by atoms with E-state index < -0.39 is 18.4 Å². The second-order valence-corrected chi connectivity index (χ2v) is 8.96. The van der Waals surface area contributed by atoms with Crippen LogP contribution in [0.3, 0.4) is 0 Å². The van der Waals surface area contributed by atoms with Crippen LogP contribution in [-0.2, 0) is 11.3 Å². The molecule has 198 valence electrons. The zero-order valence-corrected chi connectivity index (χ0v) is 20.5. The van der Waals surface area contributed by atoms with Gasteiger partial charge in [0, 0.05) is 36.5 Å². The largest absolute Gasteiger partial charge is 0.511 e. The van der Waals surface area contributed by atoms with Gasteiger partial charge in [0.05, 0.1) is 6.54 Å². The maximum absolute atomic E-state index is 12.7. The Hall–Kier alpha value is -3.44. The molecule has 0 amide bonds. The highest BCUT2D eigenvalue weighted by Crippen LogP contribution is 2.32. The van der Waals surface area contributed by atoms with Crippen molar-refractivity contribution in [2.24, 2.45) is 0 Å². The number of hydrogen-bond acceptors (Lipinski definition) is 7. The minimum atomic E-state index is -4.53. The average Bonchev–Trinajstić information content (AvgIpc) is 2.83. The van der Waals surface area contributed by atoms with E-state index in [-0.39, 0.29) is 17.5 Å². The molecule has 0 unspecified atom stereocenters. The number of alkyl halides is 3. The molecule has 4 rings (SSSR count). The number of halogens is 4. The summed E-state index contributed by atoms with van der Waals surface area (Å²) in [5.41, 5.74) is 2.48. The summed E-state index contributed by atoms with van der Waals surface area (Å²) in [7, 11) is 0. The molecule has 2 aliphatic rings. The Morgan fingerprint density at radius 1 is 1.32 bits per heavy atom. The van der Waals surface area contributed by atoms with Crippen LogP contribution in [0.2, 0.25) is 5.02 Å². The maximum Gasteiger partial charge on any atom is 0.511 e. The molecule has 0 aliphatic carbocycles. The van der Waals surface area contributed by atoms with Gasteiger partial charge in [0.25, 0.3) is 0 Å². The lowest BCUT2D eigenvalue weighted by molar-refractivity contribution is -0.189. The summed E-state index contributed by atoms with van der Waals surface area (Å²) in [6.45, 7) is 3.16. The van der Waals surface area contributed by atoms with Gasteiger partial charge in [0.2, 0.25) is 5.88 Å². The number of fused-ring (bicyclic) bond motifs is 1. The SMILES string of the molecule is C[C@H](Oc1ncc(COc2ccc3c(c2)OCC(CN2CCC=C(OC(=O)O)C2)=C3)cc1Cl)C(F)(F)F. The Labute approximate surface area is 215 Å². The molecule has 0 radical (unpaired) electrons. The maximum atomic E-state index is 12.7. The first-order chi connectivity index (χ1) is 17.6. The third-order valence-electron chi connectivity index (χ3n) is 5.62. The van der Waals surface area contributed by atoms with Gasteiger partial charge in [0.15, 0.2) is 6.10 Å². The highest BCUT2D eigenvalue weighted by atomic mass is 35.5. The molecular formula is C25H24ClF3N2O6. The van der Waals surface area contributed by atoms with Crippen molar-refractivity contribution in [2.45, 2.75) is 32.2 Å². The van der Waals surface area contributed by atoms with Crippen molar-refractivity contribution < 1.29 is 42.0 Å². The van der Waals surface area contributed by atoms with Crippen molar-refractivity contribution in [1.82, 2.24) is 9.88 Å². The first-order valence-electron chi connectivity index (χ1n) is 11.4. The van der Waals surface area contributed by atoms with Crippen molar-refractivity contribution >= 4 is 23.8 Å². The molecule has 0 saturated carbocycles. The van der Waals surface area contributed by atoms with Crippen molar-refractivity contribution in [3.8, 4) is 17.4 Å². The van der Waals surface area contributed by atoms with Gasteiger partial charge in [-0.3, -0.25) is 4.90 Å². The van der Waals surface area contributed by atoms with Gasteiger partial charge in [0.1, 0.15) is 35.5 Å². The molecule has 1 atom stereocenters. The minimum absolute atomic E-state index is 0.0468. The molecule has 2 aromatic rings. The average molecular weight is 541 g/mol. The van der Waals surface area contributed by atoms with Gasteiger partial charge < -0.3 is 24.1 Å². The first-order valence-corrected chi connectivity index (χ1v) is 11.7. The van der Waals surface area contributed by atoms with Crippen LogP contribution < -0.4 is 14.2 Å². The summed E-state index contributed by atoms with van der Waals surface area (Å²) in [5, 5.41) is 8.77. The van der Waals surface area contributed by atoms with E-state index in [9.17, 15) is 18.0 Å². The van der Waals surface area contributed by atoms with Crippen LogP contribution in [0.5, 0.6) is 17.4 Å². The van der Waals surface area contributed by atoms with Gasteiger partial charge in [-0.05, 0) is 49.3 Å². The van der Waals surface area contributed by atoms with Crippen LogP contribution in [0.25, 0.3) is 6.08 Å². The monoisotopic (exact) mass is 540 g/mol. The Kier molecular flexibility index (Phi) is 8.13. The van der Waals surface area contributed by atoms with Gasteiger partial charge in [-0.25, -0.2) is 9.78 Å². The normalized spacial score (nSPS) is 16.6. The fourth-order valence-corrected chi connectivity index (χ4v) is 4.02. The quantitative estimate of drug-likeness (QED) is 0.426. The standard InChI is InChI=1S/C25H24ClF3N2O6/c1-15(25(27,28)29)36-23-21(26)8-16(10-30-23)13-34-19-5-4-18-7-17(14-35-22(18)9-19)11-31-6-2-3-20(12-31)37-24(32)33/h3-5,7-10,15H,2,6,11-14H2,1H3,(H,32,33)/t15-/m0/s1. The molecule has 0 saturated heterocycles. The van der Waals surface area contributed by atoms with E-state index >= 15 is 0 Å². The number of rotatable bonds is 8. The molecule has 0 spiro atoms. The third-order valence-corrected chi connectivity index (χ3v) is 5.89. The van der Waals surface area contributed by atoms with Crippen molar-refractivity contribution in [1.29, 1.82) is 0 Å². The highest BCUT2D eigenvalue weighted by molar-refractivity contribution is 6.31. The number of aromatic nitrogens is 1. The summed E-state index contributed by atoms with van der Waals surface area (Å²) in [4.78, 5) is 16.7. The summed E-state index contributed by atoms with van der Waals surface area (Å²) in [6.07, 6.45) is -2.01. The summed E-state index contributed by atoms with van der Waals surface area (Å²) in [5.74, 6) is 1.31. The second-order valence-electron chi connectivity index (χ2n) is 8.55. The van der Waals surface area contributed by atoms with E-state index in [4.69, 9.17) is 35.7 Å². The number of carbonyl (C=O) groups is 1. The summed E-state index contributed by atoms with van der Waals surface area (Å²) < 4.78 is 59.4. The van der Waals surface area contributed by atoms with Crippen LogP contribution in [-0.4, -0.2) is 59.7 Å². The lowest BCUT2D eigenvalue weighted by atomic mass is 10.1. The van der Waals surface area contributed by atoms with Crippen LogP contribution in [0.4, 0.5) is 18.0 Å². The van der Waals surface area contributed by atoms with Crippen LogP contribution in [0, 0.1) is 0 Å². The second kappa shape index (κ2) is 11.3. The Balaban J connectivity index is 1.33. The number of hydrogen-bond donors (Lipinski definition) is 1. The van der Waals surface area contributed by atoms with Gasteiger partial charge in [-0.15, -0.1) is 0 Å². The first kappa shape index (κ1) is 26.6. The van der Waals surface area contributed by atoms with Gasteiger partial charge >= 0.3 is 12.3 Å². The van der Waals surface area contributed by atoms with E-state index in [1.807, 2.05) is 12.1 Å². The van der Waals surface area contributed by atoms with Crippen molar-refractivity contribution in [3.05, 3.63) is 64.0 Å². The smallest absolute Gasteiger partial charge is 0.489 e. The fourth-order valence-electron chi connectivity index (χ4n) is 3.78. The van der Waals surface area contributed by atoms with E-state index in [1.165, 1.54) is 12.3 Å². The van der Waals surface area contributed by atoms with E-state index in [2.05, 4.69) is 9.88 Å². The molecule has 0 bridgehead atoms. The Morgan fingerprint density at radius 2 is 2.14 bits per heavy atom. The van der Waals surface area contributed by atoms with E-state index in [0.29, 0.717) is 48.9 Å². The zero-order valence-electron chi connectivity index (χ0n) is 19.8. The van der Waals surface area contributed by atoms with Gasteiger partial charge in [-0.1, -0.05) is 11.6 Å². The molecular weight excluding hydrogens is 517 g/mol. The minimum Gasteiger partial charge on any atom is -0.489 e. The summed E-state index contributed by atoms with van der Waals surface area (Å²) >= 11 is 6.04. The summed E-state index contributed by atoms with van der Waals surface area (Å²) in [6, 6.07) is 6.84. The number of carboxylic acid groups (broad SMARTS) is 1. The number of benzene rings is 1. The van der Waals surface area contributed by atoms with Crippen molar-refractivity contribution in [2.75, 3.05) is 26.2 Å². The lowest BCUT2D eigenvalue weighted by Gasteiger charge is -2.28. The molecule has 2 aliphatic heterocycles. The molecule has 1 aromatic heterocycles. The van der Waals surface area contributed by atoms with E-state index in [0.717, 1.165) is 24.6 Å². The number of pyridine rings is 1. The molecule has 12 heteroatoms. The van der Waals surface area contributed by atoms with Gasteiger partial charge in [-0.2, -0.15) is 13.2 Å². The van der Waals surface area contributed by atoms with Crippen LogP contribution >= 0.6 is 11.6 Å². The molecule has 1 N–H and O–H groups in total. The third kappa shape index (κ3) is 7.30. The van der Waals surface area contributed by atoms with Crippen molar-refractivity contribution in [3.63, 3.8) is 0 Å². The highest BCUT2D eigenvalue weighted by Gasteiger charge is 2.38. The molecule has 37 heavy (non-hydrogen) atoms. The lowest BCUT2D eigenvalue weighted by Crippen LogP contribution is -2.34. The predicted molar refractivity (Wildman–Crippen MR) is 128 cm³/mol. The van der Waals surface area contributed by atoms with Crippen LogP contribution in [0.1, 0.15) is 24.5 Å². The molecule has 0 fully saturated rings. The van der Waals surface area contributed by atoms with Crippen LogP contribution in [0.15, 0.2) is 47.9 Å². The number of ether oxygens (including phenoxy) is 4. The Bertz CT molecular complexity index is 1220. The number of nitrogens with zero attached hydrogens (tertiary/aromatic N) is 2. The fraction of sp³-hybridized carbons (Fsp3) is 0.360. The Morgan fingerprint density at radius 3 is 2.86 bits per heavy atom. The van der Waals surface area contributed by atoms with E-state index in [1.54, 1.807) is 18.2 Å². The molecule has 8 nitrogen and oxygen atoms in total. The predicted octanol–water partition coefficient (Wildman–Crippen LogP) is 5.70. The molecule has 3 heterocycles. The topological polar surface area (TPSA) is 90.4 Å². The molecule has 1 aromatic carbocycles. The zero-order chi connectivity index (χ0) is 26.6.